The minimum Gasteiger partial charge on any atom is -0.307 e. The van der Waals surface area contributed by atoms with Gasteiger partial charge < -0.3 is 4.57 Å². The highest BCUT2D eigenvalue weighted by atomic mass is 79.9. The van der Waals surface area contributed by atoms with E-state index in [9.17, 15) is 0 Å². The van der Waals surface area contributed by atoms with Crippen molar-refractivity contribution in [3.05, 3.63) is 100 Å². The van der Waals surface area contributed by atoms with Gasteiger partial charge in [-0.25, -0.2) is 0 Å². The number of nitrogens with zero attached hydrogens (tertiary/aromatic N) is 1. The van der Waals surface area contributed by atoms with Crippen molar-refractivity contribution in [2.45, 2.75) is 44.4 Å². The number of fused-ring (bicyclic) bond motifs is 9. The highest BCUT2D eigenvalue weighted by Crippen LogP contribution is 2.58. The fourth-order valence-corrected chi connectivity index (χ4v) is 6.96. The number of rotatable bonds is 3. The van der Waals surface area contributed by atoms with E-state index < -0.39 is 0 Å². The minimum atomic E-state index is 0.0962. The van der Waals surface area contributed by atoms with Gasteiger partial charge in [-0.05, 0) is 60.7 Å². The zero-order valence-corrected chi connectivity index (χ0v) is 21.7. The first-order valence-corrected chi connectivity index (χ1v) is 13.3. The molecule has 3 heteroatoms. The summed E-state index contributed by atoms with van der Waals surface area (Å²) in [6.07, 6.45) is 12.2. The van der Waals surface area contributed by atoms with Crippen LogP contribution in [0.5, 0.6) is 0 Å². The maximum atomic E-state index is 6.75. The van der Waals surface area contributed by atoms with Crippen LogP contribution >= 0.6 is 27.5 Å². The molecule has 3 aromatic carbocycles. The van der Waals surface area contributed by atoms with E-state index in [0.29, 0.717) is 0 Å². The van der Waals surface area contributed by atoms with Crippen molar-refractivity contribution in [2.75, 3.05) is 0 Å². The van der Waals surface area contributed by atoms with Crippen LogP contribution in [0.15, 0.2) is 88.9 Å². The Balaban J connectivity index is 1.81. The molecule has 170 valence electrons. The zero-order valence-electron chi connectivity index (χ0n) is 19.4. The van der Waals surface area contributed by atoms with E-state index in [2.05, 4.69) is 87.7 Å². The van der Waals surface area contributed by atoms with Crippen LogP contribution in [0.25, 0.3) is 38.6 Å². The van der Waals surface area contributed by atoms with Crippen molar-refractivity contribution >= 4 is 55.0 Å². The molecule has 2 aliphatic rings. The molecule has 0 aliphatic heterocycles. The molecule has 6 rings (SSSR count). The van der Waals surface area contributed by atoms with Crippen LogP contribution in [0.1, 0.15) is 50.2 Å². The summed E-state index contributed by atoms with van der Waals surface area (Å²) in [5, 5.41) is 3.30. The standard InChI is InChI=1S/C31H27BrClN/c1-3-4-11-27(20(2)33)34-28-12-7-6-10-22(28)23-15-16-25-29(30(23)34)24-14-13-21(32)19-26(24)31(25)17-8-5-9-18-31/h3-4,6-7,10-16,19H,1,5,8-9,17-18H2,2H3/b11-4-,27-20-. The lowest BCUT2D eigenvalue weighted by Crippen LogP contribution is -2.28. The molecule has 1 nitrogen and oxygen atoms in total. The van der Waals surface area contributed by atoms with Crippen LogP contribution in [0.4, 0.5) is 0 Å². The Morgan fingerprint density at radius 3 is 2.56 bits per heavy atom. The van der Waals surface area contributed by atoms with Crippen molar-refractivity contribution in [2.24, 2.45) is 0 Å². The fourth-order valence-electron chi connectivity index (χ4n) is 6.45. The molecule has 0 atom stereocenters. The second-order valence-corrected chi connectivity index (χ2v) is 11.1. The van der Waals surface area contributed by atoms with Gasteiger partial charge in [-0.1, -0.05) is 102 Å². The van der Waals surface area contributed by atoms with Crippen molar-refractivity contribution in [1.29, 1.82) is 0 Å². The molecule has 1 fully saturated rings. The van der Waals surface area contributed by atoms with Crippen LogP contribution < -0.4 is 0 Å². The number of hydrogen-bond acceptors (Lipinski definition) is 0. The molecule has 1 spiro atoms. The molecule has 2 aliphatic carbocycles. The molecule has 0 radical (unpaired) electrons. The summed E-state index contributed by atoms with van der Waals surface area (Å²) in [7, 11) is 0. The molecule has 4 aromatic rings. The topological polar surface area (TPSA) is 4.93 Å². The highest BCUT2D eigenvalue weighted by Gasteiger charge is 2.45. The summed E-state index contributed by atoms with van der Waals surface area (Å²) in [4.78, 5) is 0. The number of aromatic nitrogens is 1. The molecule has 0 saturated heterocycles. The normalized spacial score (nSPS) is 17.4. The second kappa shape index (κ2) is 8.29. The molecule has 1 saturated carbocycles. The first kappa shape index (κ1) is 21.9. The summed E-state index contributed by atoms with van der Waals surface area (Å²) in [6.45, 7) is 5.86. The summed E-state index contributed by atoms with van der Waals surface area (Å²) in [5.41, 5.74) is 9.23. The number of hydrogen-bond donors (Lipinski definition) is 0. The van der Waals surface area contributed by atoms with Gasteiger partial charge in [0.25, 0.3) is 0 Å². The third-order valence-electron chi connectivity index (χ3n) is 7.81. The number of para-hydroxylation sites is 1. The molecule has 1 heterocycles. The Kier molecular flexibility index (Phi) is 5.35. The van der Waals surface area contributed by atoms with Gasteiger partial charge in [0.2, 0.25) is 0 Å². The number of allylic oxidation sites excluding steroid dienone is 5. The van der Waals surface area contributed by atoms with Crippen molar-refractivity contribution in [3.63, 3.8) is 0 Å². The fraction of sp³-hybridized carbons (Fsp3) is 0.226. The molecule has 34 heavy (non-hydrogen) atoms. The maximum absolute atomic E-state index is 6.75. The summed E-state index contributed by atoms with van der Waals surface area (Å²) in [5.74, 6) is 0. The van der Waals surface area contributed by atoms with Gasteiger partial charge in [0, 0.05) is 31.3 Å². The molecular formula is C31H27BrClN. The van der Waals surface area contributed by atoms with E-state index in [-0.39, 0.29) is 5.41 Å². The average Bonchev–Trinajstić information content (AvgIpc) is 3.31. The van der Waals surface area contributed by atoms with Gasteiger partial charge in [0.1, 0.15) is 0 Å². The van der Waals surface area contributed by atoms with Crippen molar-refractivity contribution in [1.82, 2.24) is 4.57 Å². The quantitative estimate of drug-likeness (QED) is 0.233. The summed E-state index contributed by atoms with van der Waals surface area (Å²) < 4.78 is 3.53. The van der Waals surface area contributed by atoms with Gasteiger partial charge in [0.05, 0.1) is 16.7 Å². The number of halogens is 2. The Morgan fingerprint density at radius 1 is 1.00 bits per heavy atom. The summed E-state index contributed by atoms with van der Waals surface area (Å²) >= 11 is 10.5. The largest absolute Gasteiger partial charge is 0.307 e. The molecule has 0 amide bonds. The van der Waals surface area contributed by atoms with Crippen molar-refractivity contribution < 1.29 is 0 Å². The first-order chi connectivity index (χ1) is 16.6. The lowest BCUT2D eigenvalue weighted by molar-refractivity contribution is 0.353. The van der Waals surface area contributed by atoms with Gasteiger partial charge >= 0.3 is 0 Å². The summed E-state index contributed by atoms with van der Waals surface area (Å²) in [6, 6.07) is 20.3. The van der Waals surface area contributed by atoms with E-state index in [0.717, 1.165) is 15.2 Å². The first-order valence-electron chi connectivity index (χ1n) is 12.1. The van der Waals surface area contributed by atoms with Gasteiger partial charge in [-0.3, -0.25) is 0 Å². The van der Waals surface area contributed by atoms with E-state index in [1.807, 2.05) is 19.1 Å². The van der Waals surface area contributed by atoms with Crippen LogP contribution in [-0.4, -0.2) is 4.57 Å². The van der Waals surface area contributed by atoms with Crippen LogP contribution in [0.3, 0.4) is 0 Å². The molecule has 1 aromatic heterocycles. The van der Waals surface area contributed by atoms with E-state index in [1.165, 1.54) is 76.2 Å². The van der Waals surface area contributed by atoms with Crippen LogP contribution in [-0.2, 0) is 5.41 Å². The van der Waals surface area contributed by atoms with Gasteiger partial charge in [-0.15, -0.1) is 0 Å². The van der Waals surface area contributed by atoms with Gasteiger partial charge in [0.15, 0.2) is 0 Å². The third-order valence-corrected chi connectivity index (χ3v) is 8.50. The molecule has 0 bridgehead atoms. The Hall–Kier alpha value is -2.55. The van der Waals surface area contributed by atoms with Crippen molar-refractivity contribution in [3.8, 4) is 11.1 Å². The number of benzene rings is 3. The van der Waals surface area contributed by atoms with Crippen LogP contribution in [0.2, 0.25) is 0 Å². The Morgan fingerprint density at radius 2 is 1.79 bits per heavy atom. The highest BCUT2D eigenvalue weighted by molar-refractivity contribution is 9.10. The lowest BCUT2D eigenvalue weighted by atomic mass is 9.68. The van der Waals surface area contributed by atoms with E-state index in [1.54, 1.807) is 0 Å². The monoisotopic (exact) mass is 527 g/mol. The smallest absolute Gasteiger partial charge is 0.0623 e. The molecular weight excluding hydrogens is 502 g/mol. The zero-order chi connectivity index (χ0) is 23.4. The third kappa shape index (κ3) is 3.05. The minimum absolute atomic E-state index is 0.0962. The maximum Gasteiger partial charge on any atom is 0.0623 e. The molecule has 0 N–H and O–H groups in total. The molecule has 0 unspecified atom stereocenters. The lowest BCUT2D eigenvalue weighted by Gasteiger charge is -2.36. The second-order valence-electron chi connectivity index (χ2n) is 9.58. The SMILES string of the molecule is C=C/C=C\C(=C(/C)Cl)n1c2ccccc2c2ccc3c(c21)-c1ccc(Br)cc1C31CCCCC1. The van der Waals surface area contributed by atoms with Crippen LogP contribution in [0, 0.1) is 0 Å². The van der Waals surface area contributed by atoms with Gasteiger partial charge in [-0.2, -0.15) is 0 Å². The predicted octanol–water partition coefficient (Wildman–Crippen LogP) is 9.96. The Labute approximate surface area is 214 Å². The predicted molar refractivity (Wildman–Crippen MR) is 151 cm³/mol. The van der Waals surface area contributed by atoms with E-state index in [4.69, 9.17) is 11.6 Å². The average molecular weight is 529 g/mol. The Bertz CT molecular complexity index is 1520. The van der Waals surface area contributed by atoms with E-state index >= 15 is 0 Å².